The van der Waals surface area contributed by atoms with Gasteiger partial charge in [-0.05, 0) is 89.7 Å². The Bertz CT molecular complexity index is 1130. The smallest absolute Gasteiger partial charge is 0.245 e. The fourth-order valence-corrected chi connectivity index (χ4v) is 4.30. The standard InChI is InChI=1S/C22H21IN2O4S/c1-16-14-17(23)8-13-21(16)24-22(26)15-25(30(2,27)28)18-9-11-20(12-10-18)29-19-6-4-3-5-7-19/h3-14H,15H2,1-2H3,(H,24,26). The number of ether oxygens (including phenoxy) is 1. The number of rotatable bonds is 7. The summed E-state index contributed by atoms with van der Waals surface area (Å²) in [5, 5.41) is 2.78. The zero-order chi connectivity index (χ0) is 21.7. The number of halogens is 1. The molecular weight excluding hydrogens is 515 g/mol. The summed E-state index contributed by atoms with van der Waals surface area (Å²) in [6, 6.07) is 21.5. The molecule has 0 spiro atoms. The highest BCUT2D eigenvalue weighted by Crippen LogP contribution is 2.26. The summed E-state index contributed by atoms with van der Waals surface area (Å²) in [5.41, 5.74) is 1.94. The molecule has 0 aliphatic carbocycles. The summed E-state index contributed by atoms with van der Waals surface area (Å²) < 4.78 is 32.5. The second kappa shape index (κ2) is 9.48. The molecule has 3 aromatic rings. The summed E-state index contributed by atoms with van der Waals surface area (Å²) in [5.74, 6) is 0.823. The van der Waals surface area contributed by atoms with Crippen LogP contribution in [-0.4, -0.2) is 27.1 Å². The third kappa shape index (κ3) is 5.96. The molecule has 0 aromatic heterocycles. The van der Waals surface area contributed by atoms with Gasteiger partial charge in [-0.2, -0.15) is 0 Å². The maximum atomic E-state index is 12.5. The Morgan fingerprint density at radius 3 is 2.23 bits per heavy atom. The van der Waals surface area contributed by atoms with Crippen molar-refractivity contribution < 1.29 is 17.9 Å². The van der Waals surface area contributed by atoms with Crippen LogP contribution in [-0.2, 0) is 14.8 Å². The molecule has 6 nitrogen and oxygen atoms in total. The summed E-state index contributed by atoms with van der Waals surface area (Å²) in [6.07, 6.45) is 1.07. The molecule has 1 amide bonds. The van der Waals surface area contributed by atoms with Crippen molar-refractivity contribution in [3.8, 4) is 11.5 Å². The van der Waals surface area contributed by atoms with Gasteiger partial charge in [0.25, 0.3) is 0 Å². The van der Waals surface area contributed by atoms with Crippen molar-refractivity contribution >= 4 is 49.9 Å². The maximum Gasteiger partial charge on any atom is 0.245 e. The first kappa shape index (κ1) is 22.1. The molecular formula is C22H21IN2O4S. The number of hydrogen-bond donors (Lipinski definition) is 1. The molecule has 30 heavy (non-hydrogen) atoms. The Morgan fingerprint density at radius 1 is 1.00 bits per heavy atom. The summed E-state index contributed by atoms with van der Waals surface area (Å²) in [4.78, 5) is 12.5. The predicted molar refractivity (Wildman–Crippen MR) is 128 cm³/mol. The van der Waals surface area contributed by atoms with E-state index in [1.54, 1.807) is 30.3 Å². The van der Waals surface area contributed by atoms with Crippen molar-refractivity contribution in [2.75, 3.05) is 22.4 Å². The molecule has 0 radical (unpaired) electrons. The van der Waals surface area contributed by atoms with Gasteiger partial charge in [0, 0.05) is 9.26 Å². The molecule has 0 fully saturated rings. The number of hydrogen-bond acceptors (Lipinski definition) is 4. The quantitative estimate of drug-likeness (QED) is 0.441. The van der Waals surface area contributed by atoms with E-state index in [9.17, 15) is 13.2 Å². The molecule has 0 atom stereocenters. The topological polar surface area (TPSA) is 75.7 Å². The molecule has 0 saturated carbocycles. The summed E-state index contributed by atoms with van der Waals surface area (Å²) >= 11 is 2.19. The molecule has 0 saturated heterocycles. The lowest BCUT2D eigenvalue weighted by atomic mass is 10.2. The van der Waals surface area contributed by atoms with Gasteiger partial charge in [0.05, 0.1) is 11.9 Å². The van der Waals surface area contributed by atoms with Gasteiger partial charge < -0.3 is 10.1 Å². The molecule has 3 aromatic carbocycles. The van der Waals surface area contributed by atoms with E-state index in [2.05, 4.69) is 27.9 Å². The highest BCUT2D eigenvalue weighted by atomic mass is 127. The maximum absolute atomic E-state index is 12.5. The lowest BCUT2D eigenvalue weighted by Gasteiger charge is -2.22. The van der Waals surface area contributed by atoms with Gasteiger partial charge >= 0.3 is 0 Å². The number of para-hydroxylation sites is 1. The number of carbonyl (C=O) groups is 1. The van der Waals surface area contributed by atoms with Crippen molar-refractivity contribution in [3.05, 3.63) is 81.9 Å². The van der Waals surface area contributed by atoms with E-state index in [0.29, 0.717) is 22.9 Å². The van der Waals surface area contributed by atoms with Gasteiger partial charge in [-0.15, -0.1) is 0 Å². The Morgan fingerprint density at radius 2 is 1.63 bits per heavy atom. The second-order valence-electron chi connectivity index (χ2n) is 6.69. The minimum Gasteiger partial charge on any atom is -0.457 e. The van der Waals surface area contributed by atoms with Crippen LogP contribution in [0.2, 0.25) is 0 Å². The Labute approximate surface area is 190 Å². The summed E-state index contributed by atoms with van der Waals surface area (Å²) in [7, 11) is -3.66. The average molecular weight is 536 g/mol. The fraction of sp³-hybridized carbons (Fsp3) is 0.136. The minimum atomic E-state index is -3.66. The SMILES string of the molecule is Cc1cc(I)ccc1NC(=O)CN(c1ccc(Oc2ccccc2)cc1)S(C)(=O)=O. The highest BCUT2D eigenvalue weighted by molar-refractivity contribution is 14.1. The number of carbonyl (C=O) groups excluding carboxylic acids is 1. The largest absolute Gasteiger partial charge is 0.457 e. The molecule has 0 aliphatic heterocycles. The third-order valence-corrected chi connectivity index (χ3v) is 6.07. The van der Waals surface area contributed by atoms with Gasteiger partial charge in [-0.1, -0.05) is 18.2 Å². The summed E-state index contributed by atoms with van der Waals surface area (Å²) in [6.45, 7) is 1.56. The second-order valence-corrected chi connectivity index (χ2v) is 9.84. The van der Waals surface area contributed by atoms with Crippen LogP contribution in [0, 0.1) is 10.5 Å². The fourth-order valence-electron chi connectivity index (χ4n) is 2.79. The van der Waals surface area contributed by atoms with Crippen LogP contribution >= 0.6 is 22.6 Å². The number of sulfonamides is 1. The van der Waals surface area contributed by atoms with Crippen LogP contribution < -0.4 is 14.4 Å². The lowest BCUT2D eigenvalue weighted by Crippen LogP contribution is -2.37. The van der Waals surface area contributed by atoms with Crippen LogP contribution in [0.3, 0.4) is 0 Å². The number of nitrogens with zero attached hydrogens (tertiary/aromatic N) is 1. The van der Waals surface area contributed by atoms with Crippen molar-refractivity contribution in [3.63, 3.8) is 0 Å². The molecule has 0 heterocycles. The third-order valence-electron chi connectivity index (χ3n) is 4.25. The van der Waals surface area contributed by atoms with Gasteiger partial charge in [0.1, 0.15) is 18.0 Å². The van der Waals surface area contributed by atoms with Gasteiger partial charge in [0.15, 0.2) is 0 Å². The number of anilines is 2. The molecule has 8 heteroatoms. The van der Waals surface area contributed by atoms with Crippen LogP contribution in [0.1, 0.15) is 5.56 Å². The first-order valence-electron chi connectivity index (χ1n) is 9.09. The normalized spacial score (nSPS) is 11.0. The number of amides is 1. The molecule has 156 valence electrons. The van der Waals surface area contributed by atoms with Crippen LogP contribution in [0.25, 0.3) is 0 Å². The molecule has 0 bridgehead atoms. The predicted octanol–water partition coefficient (Wildman–Crippen LogP) is 4.80. The van der Waals surface area contributed by atoms with Crippen molar-refractivity contribution in [1.82, 2.24) is 0 Å². The number of benzene rings is 3. The Hall–Kier alpha value is -2.59. The highest BCUT2D eigenvalue weighted by Gasteiger charge is 2.21. The zero-order valence-electron chi connectivity index (χ0n) is 16.5. The van der Waals surface area contributed by atoms with Crippen LogP contribution in [0.5, 0.6) is 11.5 Å². The van der Waals surface area contributed by atoms with E-state index in [4.69, 9.17) is 4.74 Å². The minimum absolute atomic E-state index is 0.330. The van der Waals surface area contributed by atoms with Gasteiger partial charge in [0.2, 0.25) is 15.9 Å². The van der Waals surface area contributed by atoms with E-state index in [0.717, 1.165) is 19.7 Å². The first-order chi connectivity index (χ1) is 14.2. The number of aryl methyl sites for hydroxylation is 1. The number of nitrogens with one attached hydrogen (secondary N) is 1. The average Bonchev–Trinajstić information content (AvgIpc) is 2.69. The zero-order valence-corrected chi connectivity index (χ0v) is 19.5. The first-order valence-corrected chi connectivity index (χ1v) is 12.0. The van der Waals surface area contributed by atoms with Crippen molar-refractivity contribution in [1.29, 1.82) is 0 Å². The van der Waals surface area contributed by atoms with Crippen molar-refractivity contribution in [2.45, 2.75) is 6.92 Å². The Balaban J connectivity index is 1.75. The van der Waals surface area contributed by atoms with Gasteiger partial charge in [-0.3, -0.25) is 9.10 Å². The van der Waals surface area contributed by atoms with E-state index < -0.39 is 15.9 Å². The Kier molecular flexibility index (Phi) is 6.99. The van der Waals surface area contributed by atoms with E-state index in [-0.39, 0.29) is 6.54 Å². The molecule has 3 rings (SSSR count). The van der Waals surface area contributed by atoms with Crippen molar-refractivity contribution in [2.24, 2.45) is 0 Å². The molecule has 0 unspecified atom stereocenters. The van der Waals surface area contributed by atoms with Gasteiger partial charge in [-0.25, -0.2) is 8.42 Å². The molecule has 0 aliphatic rings. The van der Waals surface area contributed by atoms with E-state index in [1.807, 2.05) is 49.4 Å². The van der Waals surface area contributed by atoms with E-state index >= 15 is 0 Å². The van der Waals surface area contributed by atoms with E-state index in [1.165, 1.54) is 0 Å². The molecule has 1 N–H and O–H groups in total. The van der Waals surface area contributed by atoms with Crippen LogP contribution in [0.15, 0.2) is 72.8 Å². The van der Waals surface area contributed by atoms with Crippen LogP contribution in [0.4, 0.5) is 11.4 Å². The lowest BCUT2D eigenvalue weighted by molar-refractivity contribution is -0.114. The monoisotopic (exact) mass is 536 g/mol.